The van der Waals surface area contributed by atoms with Crippen molar-refractivity contribution in [3.05, 3.63) is 95.3 Å². The molecule has 0 unspecified atom stereocenters. The molecule has 0 spiro atoms. The summed E-state index contributed by atoms with van der Waals surface area (Å²) in [5.41, 5.74) is 2.30. The minimum atomic E-state index is -4.08. The molecule has 0 radical (unpaired) electrons. The largest absolute Gasteiger partial charge is 0.383 e. The molecule has 3 aromatic carbocycles. The Kier molecular flexibility index (Phi) is 7.61. The second-order valence-corrected chi connectivity index (χ2v) is 8.72. The lowest BCUT2D eigenvalue weighted by atomic mass is 10.1. The Hall–Kier alpha value is -3.23. The first-order chi connectivity index (χ1) is 15.3. The van der Waals surface area contributed by atoms with Gasteiger partial charge in [0.1, 0.15) is 16.5 Å². The summed E-state index contributed by atoms with van der Waals surface area (Å²) in [6.07, 6.45) is 0. The number of halogens is 1. The molecule has 0 aliphatic heterocycles. The fourth-order valence-corrected chi connectivity index (χ4v) is 4.01. The second kappa shape index (κ2) is 10.4. The molecular weight excluding hydrogens is 433 g/mol. The standard InChI is InChI=1S/C24H24FNO5S/c1-18-5-3-4-6-23(18)24(27)26(15-16-30-2)17-19-7-11-21(12-8-19)31-32(28,29)22-13-9-20(25)10-14-22/h3-14H,15-17H2,1-2H3. The van der Waals surface area contributed by atoms with Crippen LogP contribution in [0.4, 0.5) is 4.39 Å². The molecule has 8 heteroatoms. The zero-order valence-electron chi connectivity index (χ0n) is 17.8. The Morgan fingerprint density at radius 2 is 1.62 bits per heavy atom. The highest BCUT2D eigenvalue weighted by atomic mass is 32.2. The van der Waals surface area contributed by atoms with E-state index in [4.69, 9.17) is 8.92 Å². The van der Waals surface area contributed by atoms with Gasteiger partial charge in [0.05, 0.1) is 6.61 Å². The molecule has 0 aliphatic rings. The molecule has 3 rings (SSSR count). The Bertz CT molecular complexity index is 1160. The van der Waals surface area contributed by atoms with Crippen molar-refractivity contribution in [3.63, 3.8) is 0 Å². The van der Waals surface area contributed by atoms with E-state index in [0.717, 1.165) is 35.4 Å². The van der Waals surface area contributed by atoms with Crippen molar-refractivity contribution >= 4 is 16.0 Å². The summed E-state index contributed by atoms with van der Waals surface area (Å²) in [6, 6.07) is 18.2. The monoisotopic (exact) mass is 457 g/mol. The average Bonchev–Trinajstić information content (AvgIpc) is 2.78. The molecule has 0 N–H and O–H groups in total. The fraction of sp³-hybridized carbons (Fsp3) is 0.208. The first kappa shape index (κ1) is 23.4. The number of aryl methyl sites for hydroxylation is 1. The van der Waals surface area contributed by atoms with Gasteiger partial charge < -0.3 is 13.8 Å². The van der Waals surface area contributed by atoms with E-state index >= 15 is 0 Å². The first-order valence-corrected chi connectivity index (χ1v) is 11.3. The lowest BCUT2D eigenvalue weighted by Gasteiger charge is -2.23. The Labute approximate surface area is 187 Å². The smallest absolute Gasteiger partial charge is 0.339 e. The highest BCUT2D eigenvalue weighted by molar-refractivity contribution is 7.87. The van der Waals surface area contributed by atoms with Crippen LogP contribution in [-0.4, -0.2) is 39.5 Å². The van der Waals surface area contributed by atoms with Crippen LogP contribution in [0.25, 0.3) is 0 Å². The normalized spacial score (nSPS) is 11.2. The summed E-state index contributed by atoms with van der Waals surface area (Å²) in [6.45, 7) is 2.99. The quantitative estimate of drug-likeness (QED) is 0.451. The molecule has 0 saturated carbocycles. The number of amides is 1. The van der Waals surface area contributed by atoms with Crippen molar-refractivity contribution < 1.29 is 26.5 Å². The van der Waals surface area contributed by atoms with Crippen LogP contribution >= 0.6 is 0 Å². The predicted molar refractivity (Wildman–Crippen MR) is 118 cm³/mol. The molecule has 3 aromatic rings. The van der Waals surface area contributed by atoms with Crippen LogP contribution in [-0.2, 0) is 21.4 Å². The number of hydrogen-bond acceptors (Lipinski definition) is 5. The molecule has 6 nitrogen and oxygen atoms in total. The van der Waals surface area contributed by atoms with Crippen LogP contribution in [0.15, 0.2) is 77.7 Å². The summed E-state index contributed by atoms with van der Waals surface area (Å²) >= 11 is 0. The van der Waals surface area contributed by atoms with Crippen molar-refractivity contribution in [3.8, 4) is 5.75 Å². The minimum absolute atomic E-state index is 0.112. The maximum Gasteiger partial charge on any atom is 0.339 e. The van der Waals surface area contributed by atoms with Crippen LogP contribution < -0.4 is 4.18 Å². The fourth-order valence-electron chi connectivity index (χ4n) is 3.08. The number of hydrogen-bond donors (Lipinski definition) is 0. The molecule has 1 amide bonds. The lowest BCUT2D eigenvalue weighted by molar-refractivity contribution is 0.0679. The Balaban J connectivity index is 1.74. The zero-order chi connectivity index (χ0) is 23.1. The molecule has 0 fully saturated rings. The van der Waals surface area contributed by atoms with Crippen molar-refractivity contribution in [2.75, 3.05) is 20.3 Å². The van der Waals surface area contributed by atoms with E-state index in [1.807, 2.05) is 25.1 Å². The summed E-state index contributed by atoms with van der Waals surface area (Å²) < 4.78 is 48.0. The van der Waals surface area contributed by atoms with Gasteiger partial charge in [0.15, 0.2) is 0 Å². The third-order valence-electron chi connectivity index (χ3n) is 4.83. The van der Waals surface area contributed by atoms with Crippen LogP contribution in [0.1, 0.15) is 21.5 Å². The maximum atomic E-state index is 13.1. The SMILES string of the molecule is COCCN(Cc1ccc(OS(=O)(=O)c2ccc(F)cc2)cc1)C(=O)c1ccccc1C. The Morgan fingerprint density at radius 3 is 2.25 bits per heavy atom. The number of methoxy groups -OCH3 is 1. The molecule has 32 heavy (non-hydrogen) atoms. The molecule has 168 valence electrons. The van der Waals surface area contributed by atoms with Crippen LogP contribution in [0.3, 0.4) is 0 Å². The Morgan fingerprint density at radius 1 is 0.969 bits per heavy atom. The minimum Gasteiger partial charge on any atom is -0.383 e. The zero-order valence-corrected chi connectivity index (χ0v) is 18.6. The topological polar surface area (TPSA) is 72.9 Å². The van der Waals surface area contributed by atoms with Crippen LogP contribution in [0.5, 0.6) is 5.75 Å². The lowest BCUT2D eigenvalue weighted by Crippen LogP contribution is -2.33. The predicted octanol–water partition coefficient (Wildman–Crippen LogP) is 4.19. The van der Waals surface area contributed by atoms with E-state index in [9.17, 15) is 17.6 Å². The van der Waals surface area contributed by atoms with Crippen molar-refractivity contribution in [1.29, 1.82) is 0 Å². The van der Waals surface area contributed by atoms with Gasteiger partial charge in [0.2, 0.25) is 0 Å². The van der Waals surface area contributed by atoms with E-state index in [1.165, 1.54) is 12.1 Å². The number of benzene rings is 3. The molecule has 0 aromatic heterocycles. The number of ether oxygens (including phenoxy) is 1. The van der Waals surface area contributed by atoms with E-state index < -0.39 is 15.9 Å². The summed E-state index contributed by atoms with van der Waals surface area (Å²) in [7, 11) is -2.51. The average molecular weight is 458 g/mol. The highest BCUT2D eigenvalue weighted by Crippen LogP contribution is 2.21. The van der Waals surface area contributed by atoms with Gasteiger partial charge in [-0.2, -0.15) is 8.42 Å². The van der Waals surface area contributed by atoms with Crippen molar-refractivity contribution in [2.45, 2.75) is 18.4 Å². The van der Waals surface area contributed by atoms with Gasteiger partial charge >= 0.3 is 10.1 Å². The van der Waals surface area contributed by atoms with E-state index in [0.29, 0.717) is 25.3 Å². The van der Waals surface area contributed by atoms with Crippen molar-refractivity contribution in [1.82, 2.24) is 4.90 Å². The number of rotatable bonds is 9. The van der Waals surface area contributed by atoms with Gasteiger partial charge in [-0.3, -0.25) is 4.79 Å². The molecule has 0 bridgehead atoms. The summed E-state index contributed by atoms with van der Waals surface area (Å²) in [5, 5.41) is 0. The van der Waals surface area contributed by atoms with Crippen LogP contribution in [0, 0.1) is 12.7 Å². The molecule has 0 saturated heterocycles. The third-order valence-corrected chi connectivity index (χ3v) is 6.09. The van der Waals surface area contributed by atoms with E-state index in [2.05, 4.69) is 0 Å². The van der Waals surface area contributed by atoms with Gasteiger partial charge in [-0.15, -0.1) is 0 Å². The summed E-state index contributed by atoms with van der Waals surface area (Å²) in [5.74, 6) is -0.530. The van der Waals surface area contributed by atoms with E-state index in [1.54, 1.807) is 30.2 Å². The number of nitrogens with zero attached hydrogens (tertiary/aromatic N) is 1. The second-order valence-electron chi connectivity index (χ2n) is 7.17. The molecule has 0 aliphatic carbocycles. The third kappa shape index (κ3) is 5.93. The summed E-state index contributed by atoms with van der Waals surface area (Å²) in [4.78, 5) is 14.6. The molecule has 0 atom stereocenters. The first-order valence-electron chi connectivity index (χ1n) is 9.93. The van der Waals surface area contributed by atoms with Gasteiger partial charge in [0.25, 0.3) is 5.91 Å². The van der Waals surface area contributed by atoms with Gasteiger partial charge in [-0.25, -0.2) is 4.39 Å². The van der Waals surface area contributed by atoms with Crippen molar-refractivity contribution in [2.24, 2.45) is 0 Å². The number of carbonyl (C=O) groups excluding carboxylic acids is 1. The number of carbonyl (C=O) groups is 1. The van der Waals surface area contributed by atoms with Gasteiger partial charge in [-0.1, -0.05) is 30.3 Å². The molecular formula is C24H24FNO5S. The van der Waals surface area contributed by atoms with Crippen LogP contribution in [0.2, 0.25) is 0 Å². The maximum absolute atomic E-state index is 13.1. The highest BCUT2D eigenvalue weighted by Gasteiger charge is 2.19. The van der Waals surface area contributed by atoms with E-state index in [-0.39, 0.29) is 16.6 Å². The van der Waals surface area contributed by atoms with Gasteiger partial charge in [0, 0.05) is 25.8 Å². The van der Waals surface area contributed by atoms with Gasteiger partial charge in [-0.05, 0) is 60.5 Å². The molecule has 0 heterocycles.